The van der Waals surface area contributed by atoms with Gasteiger partial charge in [0.25, 0.3) is 0 Å². The second kappa shape index (κ2) is 5.87. The van der Waals surface area contributed by atoms with Crippen molar-refractivity contribution in [2.24, 2.45) is 0 Å². The minimum atomic E-state index is -5.08. The fourth-order valence-corrected chi connectivity index (χ4v) is 2.02. The van der Waals surface area contributed by atoms with Gasteiger partial charge in [-0.25, -0.2) is 0 Å². The quantitative estimate of drug-likeness (QED) is 0.330. The number of Topliss-reactive ketones (excluding diaryl/α,β-unsaturated/α-hetero) is 1. The fourth-order valence-electron chi connectivity index (χ4n) is 1.17. The number of halogens is 5. The second-order valence-corrected chi connectivity index (χ2v) is 4.58. The smallest absolute Gasteiger partial charge is 0.397 e. The van der Waals surface area contributed by atoms with Crippen molar-refractivity contribution >= 4 is 43.3 Å². The first-order valence-electron chi connectivity index (χ1n) is 4.48. The Hall–Kier alpha value is -1.16. The highest BCUT2D eigenvalue weighted by molar-refractivity contribution is 9.10. The number of alkyl halides is 4. The molecule has 0 saturated heterocycles. The number of ether oxygens (including phenoxy) is 1. The molecule has 1 aromatic carbocycles. The van der Waals surface area contributed by atoms with Gasteiger partial charge in [-0.15, -0.1) is 13.2 Å². The molecule has 1 rings (SSSR count). The maximum atomic E-state index is 12.1. The van der Waals surface area contributed by atoms with E-state index in [1.165, 1.54) is 0 Å². The standard InChI is InChI=1S/C9H4Br2F3NO4/c10-3-7(16)4-1-5(11)8(19-9(12,13)14)6(2-4)15(17)18/h1-2H,3H2. The van der Waals surface area contributed by atoms with Gasteiger partial charge in [-0.1, -0.05) is 15.9 Å². The summed E-state index contributed by atoms with van der Waals surface area (Å²) in [5, 5.41) is 10.6. The molecule has 0 N–H and O–H groups in total. The van der Waals surface area contributed by atoms with Crippen LogP contribution in [-0.2, 0) is 0 Å². The number of nitro groups is 1. The fraction of sp³-hybridized carbons (Fsp3) is 0.222. The van der Waals surface area contributed by atoms with Crippen molar-refractivity contribution < 1.29 is 27.6 Å². The molecule has 104 valence electrons. The maximum Gasteiger partial charge on any atom is 0.573 e. The number of hydrogen-bond acceptors (Lipinski definition) is 4. The molecule has 0 bridgehead atoms. The highest BCUT2D eigenvalue weighted by Gasteiger charge is 2.36. The van der Waals surface area contributed by atoms with Gasteiger partial charge in [0.15, 0.2) is 5.78 Å². The number of nitro benzene ring substituents is 1. The van der Waals surface area contributed by atoms with Crippen LogP contribution in [0, 0.1) is 10.1 Å². The van der Waals surface area contributed by atoms with E-state index in [1.807, 2.05) is 0 Å². The molecule has 0 heterocycles. The zero-order valence-electron chi connectivity index (χ0n) is 8.83. The van der Waals surface area contributed by atoms with Crippen molar-refractivity contribution in [3.8, 4) is 5.75 Å². The number of carbonyl (C=O) groups is 1. The Balaban J connectivity index is 3.39. The van der Waals surface area contributed by atoms with Crippen LogP contribution in [0.1, 0.15) is 10.4 Å². The summed E-state index contributed by atoms with van der Waals surface area (Å²) in [5.74, 6) is -1.51. The SMILES string of the molecule is O=C(CBr)c1cc(Br)c(OC(F)(F)F)c([N+](=O)[O-])c1. The predicted octanol–water partition coefficient (Wildman–Crippen LogP) is 3.83. The van der Waals surface area contributed by atoms with Gasteiger partial charge in [0, 0.05) is 11.6 Å². The molecule has 0 atom stereocenters. The zero-order valence-corrected chi connectivity index (χ0v) is 12.0. The monoisotopic (exact) mass is 405 g/mol. The number of ketones is 1. The Morgan fingerprint density at radius 3 is 2.42 bits per heavy atom. The van der Waals surface area contributed by atoms with Gasteiger partial charge in [0.05, 0.1) is 14.7 Å². The van der Waals surface area contributed by atoms with Crippen LogP contribution in [0.15, 0.2) is 16.6 Å². The van der Waals surface area contributed by atoms with Crippen molar-refractivity contribution in [3.05, 3.63) is 32.3 Å². The molecular formula is C9H4Br2F3NO4. The van der Waals surface area contributed by atoms with Gasteiger partial charge in [-0.3, -0.25) is 14.9 Å². The third-order valence-corrected chi connectivity index (χ3v) is 2.98. The minimum Gasteiger partial charge on any atom is -0.397 e. The first-order chi connectivity index (χ1) is 8.65. The number of carbonyl (C=O) groups excluding carboxylic acids is 1. The van der Waals surface area contributed by atoms with Gasteiger partial charge >= 0.3 is 12.0 Å². The molecule has 0 aliphatic rings. The van der Waals surface area contributed by atoms with Crippen LogP contribution in [0.4, 0.5) is 18.9 Å². The van der Waals surface area contributed by atoms with Crippen molar-refractivity contribution in [1.82, 2.24) is 0 Å². The molecular weight excluding hydrogens is 403 g/mol. The van der Waals surface area contributed by atoms with Crippen LogP contribution in [-0.4, -0.2) is 22.4 Å². The van der Waals surface area contributed by atoms with Gasteiger partial charge in [-0.2, -0.15) is 0 Å². The summed E-state index contributed by atoms with van der Waals surface area (Å²) in [7, 11) is 0. The van der Waals surface area contributed by atoms with Crippen LogP contribution >= 0.6 is 31.9 Å². The van der Waals surface area contributed by atoms with E-state index in [0.717, 1.165) is 12.1 Å². The molecule has 1 aromatic rings. The van der Waals surface area contributed by atoms with Crippen molar-refractivity contribution in [3.63, 3.8) is 0 Å². The molecule has 0 saturated carbocycles. The Labute approximate surface area is 121 Å². The molecule has 0 aliphatic heterocycles. The number of rotatable bonds is 4. The summed E-state index contributed by atoms with van der Waals surface area (Å²) < 4.78 is 39.7. The second-order valence-electron chi connectivity index (χ2n) is 3.17. The molecule has 19 heavy (non-hydrogen) atoms. The maximum absolute atomic E-state index is 12.1. The lowest BCUT2D eigenvalue weighted by molar-refractivity contribution is -0.388. The van der Waals surface area contributed by atoms with Crippen LogP contribution in [0.25, 0.3) is 0 Å². The zero-order chi connectivity index (χ0) is 14.8. The van der Waals surface area contributed by atoms with Crippen LogP contribution in [0.2, 0.25) is 0 Å². The van der Waals surface area contributed by atoms with Gasteiger partial charge in [0.2, 0.25) is 5.75 Å². The van der Waals surface area contributed by atoms with Gasteiger partial charge in [-0.05, 0) is 22.0 Å². The molecule has 0 spiro atoms. The first kappa shape index (κ1) is 15.9. The highest BCUT2D eigenvalue weighted by Crippen LogP contribution is 2.39. The topological polar surface area (TPSA) is 69.4 Å². The van der Waals surface area contributed by atoms with E-state index in [1.54, 1.807) is 0 Å². The van der Waals surface area contributed by atoms with Crippen LogP contribution < -0.4 is 4.74 Å². The van der Waals surface area contributed by atoms with Gasteiger partial charge in [0.1, 0.15) is 0 Å². The highest BCUT2D eigenvalue weighted by atomic mass is 79.9. The molecule has 5 nitrogen and oxygen atoms in total. The third-order valence-electron chi connectivity index (χ3n) is 1.88. The van der Waals surface area contributed by atoms with E-state index >= 15 is 0 Å². The largest absolute Gasteiger partial charge is 0.573 e. The first-order valence-corrected chi connectivity index (χ1v) is 6.40. The predicted molar refractivity (Wildman–Crippen MR) is 65.6 cm³/mol. The Kier molecular flexibility index (Phi) is 4.91. The van der Waals surface area contributed by atoms with Crippen LogP contribution in [0.5, 0.6) is 5.75 Å². The normalized spacial score (nSPS) is 11.2. The Bertz CT molecular complexity index is 533. The summed E-state index contributed by atoms with van der Waals surface area (Å²) >= 11 is 5.58. The molecule has 0 unspecified atom stereocenters. The van der Waals surface area contributed by atoms with E-state index in [4.69, 9.17) is 0 Å². The van der Waals surface area contributed by atoms with E-state index < -0.39 is 28.5 Å². The molecule has 0 aliphatic carbocycles. The lowest BCUT2D eigenvalue weighted by Gasteiger charge is -2.11. The summed E-state index contributed by atoms with van der Waals surface area (Å²) in [5.41, 5.74) is -1.05. The van der Waals surface area contributed by atoms with E-state index in [-0.39, 0.29) is 15.4 Å². The number of nitrogens with zero attached hydrogens (tertiary/aromatic N) is 1. The summed E-state index contributed by atoms with van der Waals surface area (Å²) in [4.78, 5) is 21.1. The molecule has 0 radical (unpaired) electrons. The van der Waals surface area contributed by atoms with Crippen molar-refractivity contribution in [1.29, 1.82) is 0 Å². The van der Waals surface area contributed by atoms with Crippen molar-refractivity contribution in [2.45, 2.75) is 6.36 Å². The lowest BCUT2D eigenvalue weighted by Crippen LogP contribution is -2.18. The van der Waals surface area contributed by atoms with Crippen molar-refractivity contribution in [2.75, 3.05) is 5.33 Å². The van der Waals surface area contributed by atoms with E-state index in [9.17, 15) is 28.1 Å². The van der Waals surface area contributed by atoms with Gasteiger partial charge < -0.3 is 4.74 Å². The average Bonchev–Trinajstić information content (AvgIpc) is 2.28. The molecule has 10 heteroatoms. The Morgan fingerprint density at radius 1 is 1.42 bits per heavy atom. The Morgan fingerprint density at radius 2 is 2.00 bits per heavy atom. The average molecular weight is 407 g/mol. The molecule has 0 amide bonds. The lowest BCUT2D eigenvalue weighted by atomic mass is 10.1. The third kappa shape index (κ3) is 4.16. The molecule has 0 aromatic heterocycles. The number of benzene rings is 1. The summed E-state index contributed by atoms with van der Waals surface area (Å²) in [6, 6.07) is 1.76. The van der Waals surface area contributed by atoms with E-state index in [2.05, 4.69) is 36.6 Å². The number of hydrogen-bond donors (Lipinski definition) is 0. The van der Waals surface area contributed by atoms with E-state index in [0.29, 0.717) is 0 Å². The summed E-state index contributed by atoms with van der Waals surface area (Å²) in [6.07, 6.45) is -5.08. The molecule has 0 fully saturated rings. The van der Waals surface area contributed by atoms with Crippen LogP contribution in [0.3, 0.4) is 0 Å². The minimum absolute atomic E-state index is 0.107. The summed E-state index contributed by atoms with van der Waals surface area (Å²) in [6.45, 7) is 0.